The molecule has 11 rings (SSSR count). The summed E-state index contributed by atoms with van der Waals surface area (Å²) in [7, 11) is 0. The highest BCUT2D eigenvalue weighted by atomic mass is 15.2. The first-order valence-corrected chi connectivity index (χ1v) is 19.6. The maximum absolute atomic E-state index is 4.13. The standard InChI is InChI=1S/C55H39N/c1-54(2)48-31-16-15-30-46(48)52-51(54)34-39-21-12-13-28-44(39)53(52)56(42-27-18-22-38(33-42)37-19-6-3-7-20-37)43-35-47-45-29-14-17-32-49(45)55(50(47)36-43,40-23-8-4-9-24-40)41-25-10-5-11-26-41/h3-34,36H,1-2H3. The lowest BCUT2D eigenvalue weighted by Gasteiger charge is -2.34. The minimum Gasteiger partial charge on any atom is -0.302 e. The predicted molar refractivity (Wildman–Crippen MR) is 233 cm³/mol. The van der Waals surface area contributed by atoms with Crippen LogP contribution in [0.4, 0.5) is 11.4 Å². The Hall–Kier alpha value is -6.92. The van der Waals surface area contributed by atoms with Crippen molar-refractivity contribution in [1.29, 1.82) is 0 Å². The molecule has 0 spiro atoms. The molecule has 0 N–H and O–H groups in total. The Bertz CT molecular complexity index is 2920. The summed E-state index contributed by atoms with van der Waals surface area (Å²) in [6.07, 6.45) is 2.45. The summed E-state index contributed by atoms with van der Waals surface area (Å²) in [5.41, 5.74) is 21.9. The van der Waals surface area contributed by atoms with Gasteiger partial charge in [-0.15, -0.1) is 0 Å². The molecule has 0 atom stereocenters. The predicted octanol–water partition coefficient (Wildman–Crippen LogP) is 13.8. The summed E-state index contributed by atoms with van der Waals surface area (Å²) in [4.78, 5) is 2.52. The molecule has 0 aliphatic heterocycles. The Balaban J connectivity index is 1.26. The number of fused-ring (bicyclic) bond motifs is 7. The molecule has 0 unspecified atom stereocenters. The molecule has 0 aromatic heterocycles. The average molecular weight is 714 g/mol. The molecule has 0 fully saturated rings. The van der Waals surface area contributed by atoms with E-state index in [4.69, 9.17) is 0 Å². The van der Waals surface area contributed by atoms with Crippen molar-refractivity contribution in [3.05, 3.63) is 251 Å². The molecule has 0 saturated carbocycles. The van der Waals surface area contributed by atoms with Gasteiger partial charge in [-0.25, -0.2) is 0 Å². The fourth-order valence-corrected chi connectivity index (χ4v) is 9.97. The number of rotatable bonds is 6. The van der Waals surface area contributed by atoms with Crippen molar-refractivity contribution in [2.75, 3.05) is 4.90 Å². The minimum absolute atomic E-state index is 0.172. The first kappa shape index (κ1) is 32.5. The molecule has 1 heteroatoms. The van der Waals surface area contributed by atoms with E-state index >= 15 is 0 Å². The summed E-state index contributed by atoms with van der Waals surface area (Å²) < 4.78 is 0. The first-order valence-electron chi connectivity index (χ1n) is 19.6. The van der Waals surface area contributed by atoms with Crippen LogP contribution in [0.25, 0.3) is 38.6 Å². The van der Waals surface area contributed by atoms with Gasteiger partial charge in [-0.2, -0.15) is 0 Å². The number of hydrogen-bond acceptors (Lipinski definition) is 1. The lowest BCUT2D eigenvalue weighted by Crippen LogP contribution is -2.28. The van der Waals surface area contributed by atoms with Crippen molar-refractivity contribution in [3.63, 3.8) is 0 Å². The van der Waals surface area contributed by atoms with Gasteiger partial charge < -0.3 is 4.90 Å². The SMILES string of the molecule is CC1(C)c2ccccc2-c2c1cc1ccccc1c2N(C1=C=C2C(=C1)C(c1ccccc1)(c1ccccc1)c1ccccc12)c1cccc(-c2ccccc2)c1. The van der Waals surface area contributed by atoms with Gasteiger partial charge in [-0.1, -0.05) is 196 Å². The monoisotopic (exact) mass is 713 g/mol. The van der Waals surface area contributed by atoms with Crippen LogP contribution >= 0.6 is 0 Å². The highest BCUT2D eigenvalue weighted by molar-refractivity contribution is 6.09. The zero-order chi connectivity index (χ0) is 37.4. The third-order valence-corrected chi connectivity index (χ3v) is 12.5. The van der Waals surface area contributed by atoms with E-state index in [0.29, 0.717) is 0 Å². The van der Waals surface area contributed by atoms with E-state index in [2.05, 4.69) is 225 Å². The molecular formula is C55H39N. The topological polar surface area (TPSA) is 3.24 Å². The molecule has 3 aliphatic carbocycles. The second-order valence-corrected chi connectivity index (χ2v) is 15.8. The van der Waals surface area contributed by atoms with Crippen LogP contribution in [0.15, 0.2) is 217 Å². The second kappa shape index (κ2) is 12.3. The van der Waals surface area contributed by atoms with Crippen molar-refractivity contribution >= 4 is 27.7 Å². The van der Waals surface area contributed by atoms with Gasteiger partial charge in [0.25, 0.3) is 0 Å². The maximum Gasteiger partial charge on any atom is 0.0901 e. The zero-order valence-corrected chi connectivity index (χ0v) is 31.5. The molecule has 56 heavy (non-hydrogen) atoms. The Morgan fingerprint density at radius 1 is 0.482 bits per heavy atom. The van der Waals surface area contributed by atoms with Crippen LogP contribution < -0.4 is 4.90 Å². The molecule has 1 nitrogen and oxygen atoms in total. The summed E-state index contributed by atoms with van der Waals surface area (Å²) in [6, 6.07) is 71.3. The van der Waals surface area contributed by atoms with E-state index in [-0.39, 0.29) is 5.41 Å². The lowest BCUT2D eigenvalue weighted by molar-refractivity contribution is 0.661. The van der Waals surface area contributed by atoms with Gasteiger partial charge in [-0.05, 0) is 85.3 Å². The maximum atomic E-state index is 4.13. The van der Waals surface area contributed by atoms with E-state index in [1.807, 2.05) is 0 Å². The van der Waals surface area contributed by atoms with Crippen LogP contribution in [0.2, 0.25) is 0 Å². The van der Waals surface area contributed by atoms with Gasteiger partial charge in [0.1, 0.15) is 0 Å². The molecule has 0 amide bonds. The Labute approximate surface area is 328 Å². The van der Waals surface area contributed by atoms with Crippen molar-refractivity contribution < 1.29 is 0 Å². The van der Waals surface area contributed by atoms with E-state index in [1.165, 1.54) is 77.7 Å². The van der Waals surface area contributed by atoms with Crippen LogP contribution in [0.5, 0.6) is 0 Å². The lowest BCUT2D eigenvalue weighted by atomic mass is 9.67. The van der Waals surface area contributed by atoms with Crippen molar-refractivity contribution in [3.8, 4) is 22.3 Å². The fraction of sp³-hybridized carbons (Fsp3) is 0.0727. The molecule has 8 aromatic rings. The Kier molecular flexibility index (Phi) is 7.14. The molecule has 264 valence electrons. The minimum atomic E-state index is -0.518. The molecule has 0 heterocycles. The van der Waals surface area contributed by atoms with Crippen LogP contribution in [-0.2, 0) is 10.8 Å². The highest BCUT2D eigenvalue weighted by Gasteiger charge is 2.50. The second-order valence-electron chi connectivity index (χ2n) is 15.8. The average Bonchev–Trinajstić information content (AvgIpc) is 3.88. The van der Waals surface area contributed by atoms with Crippen molar-refractivity contribution in [2.24, 2.45) is 0 Å². The number of hydrogen-bond donors (Lipinski definition) is 0. The van der Waals surface area contributed by atoms with Gasteiger partial charge >= 0.3 is 0 Å². The van der Waals surface area contributed by atoms with Crippen LogP contribution in [-0.4, -0.2) is 0 Å². The summed E-state index contributed by atoms with van der Waals surface area (Å²) in [5, 5.41) is 2.45. The number of nitrogens with zero attached hydrogens (tertiary/aromatic N) is 1. The van der Waals surface area contributed by atoms with Crippen LogP contribution in [0.1, 0.15) is 47.2 Å². The van der Waals surface area contributed by atoms with Gasteiger partial charge in [0.05, 0.1) is 16.8 Å². The Morgan fingerprint density at radius 3 is 1.80 bits per heavy atom. The van der Waals surface area contributed by atoms with Gasteiger partial charge in [0.15, 0.2) is 0 Å². The molecule has 3 aliphatic rings. The van der Waals surface area contributed by atoms with Crippen molar-refractivity contribution in [1.82, 2.24) is 0 Å². The third-order valence-electron chi connectivity index (χ3n) is 12.5. The summed E-state index contributed by atoms with van der Waals surface area (Å²) in [5.74, 6) is 0. The summed E-state index contributed by atoms with van der Waals surface area (Å²) in [6.45, 7) is 4.76. The molecule has 0 bridgehead atoms. The Morgan fingerprint density at radius 2 is 1.07 bits per heavy atom. The smallest absolute Gasteiger partial charge is 0.0901 e. The van der Waals surface area contributed by atoms with Crippen LogP contribution in [0, 0.1) is 0 Å². The van der Waals surface area contributed by atoms with Gasteiger partial charge in [0, 0.05) is 27.6 Å². The fourth-order valence-electron chi connectivity index (χ4n) is 9.97. The van der Waals surface area contributed by atoms with E-state index in [1.54, 1.807) is 0 Å². The molecule has 0 saturated heterocycles. The molecular weight excluding hydrogens is 675 g/mol. The van der Waals surface area contributed by atoms with Gasteiger partial charge in [-0.3, -0.25) is 0 Å². The molecule has 8 aromatic carbocycles. The first-order chi connectivity index (χ1) is 27.5. The quantitative estimate of drug-likeness (QED) is 0.155. The van der Waals surface area contributed by atoms with Gasteiger partial charge in [0.2, 0.25) is 0 Å². The largest absolute Gasteiger partial charge is 0.302 e. The molecule has 0 radical (unpaired) electrons. The van der Waals surface area contributed by atoms with E-state index in [9.17, 15) is 0 Å². The third kappa shape index (κ3) is 4.56. The zero-order valence-electron chi connectivity index (χ0n) is 31.5. The van der Waals surface area contributed by atoms with Crippen molar-refractivity contribution in [2.45, 2.75) is 24.7 Å². The number of benzene rings is 8. The van der Waals surface area contributed by atoms with Crippen LogP contribution in [0.3, 0.4) is 0 Å². The normalized spacial score (nSPS) is 15.3. The highest BCUT2D eigenvalue weighted by Crippen LogP contribution is 2.61. The van der Waals surface area contributed by atoms with E-state index in [0.717, 1.165) is 17.0 Å². The number of anilines is 2. The number of allylic oxidation sites excluding steroid dienone is 2. The summed E-state index contributed by atoms with van der Waals surface area (Å²) >= 11 is 0. The van der Waals surface area contributed by atoms with E-state index < -0.39 is 5.41 Å².